The van der Waals surface area contributed by atoms with Crippen LogP contribution in [0.15, 0.2) is 29.2 Å². The summed E-state index contributed by atoms with van der Waals surface area (Å²) in [6.45, 7) is 0. The maximum absolute atomic E-state index is 11.1. The highest BCUT2D eigenvalue weighted by Gasteiger charge is 2.07. The summed E-state index contributed by atoms with van der Waals surface area (Å²) >= 11 is 1.57. The molecule has 0 atom stereocenters. The molecule has 0 N–H and O–H groups in total. The Bertz CT molecular complexity index is 382. The molecule has 13 heavy (non-hydrogen) atoms. The lowest BCUT2D eigenvalue weighted by atomic mass is 10.2. The van der Waals surface area contributed by atoms with Crippen molar-refractivity contribution in [3.8, 4) is 0 Å². The van der Waals surface area contributed by atoms with Crippen LogP contribution < -0.4 is 0 Å². The van der Waals surface area contributed by atoms with Crippen molar-refractivity contribution in [1.82, 2.24) is 0 Å². The van der Waals surface area contributed by atoms with Gasteiger partial charge in [-0.15, -0.1) is 11.8 Å². The van der Waals surface area contributed by atoms with Gasteiger partial charge in [0.1, 0.15) is 0 Å². The Labute approximate surface area is 83.3 Å². The Hall–Kier alpha value is -0.480. The Morgan fingerprint density at radius 2 is 1.92 bits per heavy atom. The molecule has 0 aromatic heterocycles. The van der Waals surface area contributed by atoms with Crippen LogP contribution in [0, 0.1) is 0 Å². The van der Waals surface area contributed by atoms with Crippen LogP contribution in [0.3, 0.4) is 0 Å². The van der Waals surface area contributed by atoms with Crippen molar-refractivity contribution in [3.63, 3.8) is 0 Å². The van der Waals surface area contributed by atoms with E-state index in [0.717, 1.165) is 10.5 Å². The van der Waals surface area contributed by atoms with Crippen LogP contribution >= 0.6 is 11.8 Å². The van der Waals surface area contributed by atoms with Gasteiger partial charge in [0.15, 0.2) is 9.84 Å². The van der Waals surface area contributed by atoms with E-state index in [0.29, 0.717) is 0 Å². The average Bonchev–Trinajstić information content (AvgIpc) is 2.02. The number of sulfone groups is 1. The summed E-state index contributed by atoms with van der Waals surface area (Å²) in [5.74, 6) is 0.129. The van der Waals surface area contributed by atoms with Crippen molar-refractivity contribution in [2.24, 2.45) is 0 Å². The molecule has 0 aliphatic heterocycles. The van der Waals surface area contributed by atoms with E-state index in [-0.39, 0.29) is 5.75 Å². The first-order chi connectivity index (χ1) is 6.03. The fourth-order valence-corrected chi connectivity index (χ4v) is 2.63. The first kappa shape index (κ1) is 10.6. The van der Waals surface area contributed by atoms with Gasteiger partial charge in [0.05, 0.1) is 5.75 Å². The van der Waals surface area contributed by atoms with Crippen LogP contribution in [0.2, 0.25) is 0 Å². The summed E-state index contributed by atoms with van der Waals surface area (Å²) in [5, 5.41) is 0. The minimum Gasteiger partial charge on any atom is -0.229 e. The van der Waals surface area contributed by atoms with Crippen LogP contribution in [0.1, 0.15) is 5.56 Å². The third kappa shape index (κ3) is 3.40. The van der Waals surface area contributed by atoms with Gasteiger partial charge in [0.2, 0.25) is 0 Å². The minimum atomic E-state index is -2.92. The van der Waals surface area contributed by atoms with E-state index in [1.165, 1.54) is 6.26 Å². The summed E-state index contributed by atoms with van der Waals surface area (Å²) in [4.78, 5) is 1.04. The van der Waals surface area contributed by atoms with E-state index in [1.807, 2.05) is 30.5 Å². The van der Waals surface area contributed by atoms with Crippen molar-refractivity contribution >= 4 is 21.6 Å². The molecule has 1 rings (SSSR count). The van der Waals surface area contributed by atoms with Crippen LogP contribution in [0.4, 0.5) is 0 Å². The van der Waals surface area contributed by atoms with E-state index in [2.05, 4.69) is 0 Å². The minimum absolute atomic E-state index is 0.129. The lowest BCUT2D eigenvalue weighted by molar-refractivity contribution is 0.601. The lowest BCUT2D eigenvalue weighted by Gasteiger charge is -2.04. The molecule has 0 spiro atoms. The molecule has 72 valence electrons. The highest BCUT2D eigenvalue weighted by molar-refractivity contribution is 7.98. The topological polar surface area (TPSA) is 34.1 Å². The Morgan fingerprint density at radius 3 is 2.46 bits per heavy atom. The summed E-state index contributed by atoms with van der Waals surface area (Å²) in [5.41, 5.74) is 0.887. The van der Waals surface area contributed by atoms with Crippen molar-refractivity contribution in [1.29, 1.82) is 0 Å². The fraction of sp³-hybridized carbons (Fsp3) is 0.333. The highest BCUT2D eigenvalue weighted by Crippen LogP contribution is 2.21. The van der Waals surface area contributed by atoms with E-state index < -0.39 is 9.84 Å². The van der Waals surface area contributed by atoms with Gasteiger partial charge in [0.25, 0.3) is 0 Å². The number of rotatable bonds is 3. The van der Waals surface area contributed by atoms with Crippen molar-refractivity contribution in [2.75, 3.05) is 12.5 Å². The Morgan fingerprint density at radius 1 is 1.31 bits per heavy atom. The zero-order valence-corrected chi connectivity index (χ0v) is 9.28. The van der Waals surface area contributed by atoms with E-state index in [4.69, 9.17) is 0 Å². The second-order valence-electron chi connectivity index (χ2n) is 2.88. The molecule has 0 aliphatic carbocycles. The molecule has 0 aliphatic rings. The summed E-state index contributed by atoms with van der Waals surface area (Å²) in [7, 11) is -2.92. The highest BCUT2D eigenvalue weighted by atomic mass is 32.2. The monoisotopic (exact) mass is 216 g/mol. The van der Waals surface area contributed by atoms with Crippen molar-refractivity contribution in [2.45, 2.75) is 10.6 Å². The van der Waals surface area contributed by atoms with Crippen molar-refractivity contribution in [3.05, 3.63) is 29.8 Å². The largest absolute Gasteiger partial charge is 0.229 e. The van der Waals surface area contributed by atoms with Gasteiger partial charge in [0, 0.05) is 11.2 Å². The number of thioether (sulfide) groups is 1. The molecule has 2 nitrogen and oxygen atoms in total. The molecule has 0 amide bonds. The first-order valence-electron chi connectivity index (χ1n) is 3.82. The van der Waals surface area contributed by atoms with E-state index in [9.17, 15) is 8.42 Å². The Kier molecular flexibility index (Phi) is 3.39. The number of benzene rings is 1. The normalized spacial score (nSPS) is 11.5. The maximum atomic E-state index is 11.1. The molecule has 0 saturated heterocycles. The van der Waals surface area contributed by atoms with Gasteiger partial charge in [-0.1, -0.05) is 18.2 Å². The van der Waals surface area contributed by atoms with Crippen molar-refractivity contribution < 1.29 is 8.42 Å². The summed E-state index contributed by atoms with van der Waals surface area (Å²) in [6, 6.07) is 7.57. The zero-order valence-electron chi connectivity index (χ0n) is 7.65. The van der Waals surface area contributed by atoms with E-state index >= 15 is 0 Å². The zero-order chi connectivity index (χ0) is 9.90. The molecule has 1 aromatic carbocycles. The van der Waals surface area contributed by atoms with Crippen LogP contribution in [0.5, 0.6) is 0 Å². The maximum Gasteiger partial charge on any atom is 0.151 e. The Balaban J connectivity index is 3.01. The van der Waals surface area contributed by atoms with E-state index in [1.54, 1.807) is 11.8 Å². The third-order valence-corrected chi connectivity index (χ3v) is 3.28. The molecule has 0 saturated carbocycles. The first-order valence-corrected chi connectivity index (χ1v) is 7.11. The predicted octanol–water partition coefficient (Wildman–Crippen LogP) is 1.95. The molecule has 0 heterocycles. The van der Waals surface area contributed by atoms with Gasteiger partial charge in [-0.3, -0.25) is 0 Å². The quantitative estimate of drug-likeness (QED) is 0.724. The number of hydrogen-bond acceptors (Lipinski definition) is 3. The molecular formula is C9H12O2S2. The molecule has 4 heteroatoms. The molecular weight excluding hydrogens is 204 g/mol. The SMILES string of the molecule is CSc1ccccc1CS(C)(=O)=O. The third-order valence-electron chi connectivity index (χ3n) is 1.61. The smallest absolute Gasteiger partial charge is 0.151 e. The average molecular weight is 216 g/mol. The standard InChI is InChI=1S/C9H12O2S2/c1-12-9-6-4-3-5-8(9)7-13(2,10)11/h3-6H,7H2,1-2H3. The second kappa shape index (κ2) is 4.15. The van der Waals surface area contributed by atoms with Gasteiger partial charge in [-0.25, -0.2) is 8.42 Å². The summed E-state index contributed by atoms with van der Waals surface area (Å²) < 4.78 is 22.1. The van der Waals surface area contributed by atoms with Gasteiger partial charge < -0.3 is 0 Å². The fourth-order valence-electron chi connectivity index (χ4n) is 1.10. The van der Waals surface area contributed by atoms with Gasteiger partial charge in [-0.2, -0.15) is 0 Å². The summed E-state index contributed by atoms with van der Waals surface area (Å²) in [6.07, 6.45) is 3.20. The van der Waals surface area contributed by atoms with Crippen LogP contribution in [0.25, 0.3) is 0 Å². The molecule has 0 bridgehead atoms. The molecule has 1 aromatic rings. The predicted molar refractivity (Wildman–Crippen MR) is 56.8 cm³/mol. The second-order valence-corrected chi connectivity index (χ2v) is 5.87. The number of hydrogen-bond donors (Lipinski definition) is 0. The molecule has 0 unspecified atom stereocenters. The van der Waals surface area contributed by atoms with Gasteiger partial charge in [-0.05, 0) is 17.9 Å². The lowest BCUT2D eigenvalue weighted by Crippen LogP contribution is -2.01. The molecule has 0 fully saturated rings. The van der Waals surface area contributed by atoms with Gasteiger partial charge >= 0.3 is 0 Å². The van der Waals surface area contributed by atoms with Crippen LogP contribution in [-0.4, -0.2) is 20.9 Å². The molecule has 0 radical (unpaired) electrons. The van der Waals surface area contributed by atoms with Crippen LogP contribution in [-0.2, 0) is 15.6 Å².